The van der Waals surface area contributed by atoms with E-state index in [9.17, 15) is 4.79 Å². The molecule has 0 spiro atoms. The van der Waals surface area contributed by atoms with Crippen molar-refractivity contribution in [1.82, 2.24) is 4.90 Å². The summed E-state index contributed by atoms with van der Waals surface area (Å²) in [7, 11) is 0. The number of nitrogens with zero attached hydrogens (tertiary/aromatic N) is 1. The summed E-state index contributed by atoms with van der Waals surface area (Å²) >= 11 is 11.9. The molecule has 1 aromatic carbocycles. The number of benzene rings is 1. The van der Waals surface area contributed by atoms with Crippen LogP contribution in [0, 0.1) is 0 Å². The summed E-state index contributed by atoms with van der Waals surface area (Å²) in [6.45, 7) is 0.761. The quantitative estimate of drug-likeness (QED) is 0.730. The van der Waals surface area contributed by atoms with Gasteiger partial charge in [-0.2, -0.15) is 0 Å². The summed E-state index contributed by atoms with van der Waals surface area (Å²) in [6, 6.07) is 7.96. The molecule has 0 radical (unpaired) electrons. The molecule has 2 nitrogen and oxygen atoms in total. The zero-order chi connectivity index (χ0) is 13.7. The number of halogens is 2. The molecule has 0 bridgehead atoms. The molecule has 19 heavy (non-hydrogen) atoms. The normalized spacial score (nSPS) is 15.1. The molecule has 4 heteroatoms. The molecule has 2 rings (SSSR count). The Bertz CT molecular complexity index is 432. The topological polar surface area (TPSA) is 20.3 Å². The Hall–Kier alpha value is -0.730. The van der Waals surface area contributed by atoms with Gasteiger partial charge in [-0.05, 0) is 37.3 Å². The SMILES string of the molecule is O=C(Cc1ccccc1Cl)N(CCCCl)C1CCC1. The zero-order valence-electron chi connectivity index (χ0n) is 10.9. The van der Waals surface area contributed by atoms with Gasteiger partial charge in [0.05, 0.1) is 6.42 Å². The van der Waals surface area contributed by atoms with Crippen LogP contribution in [0.3, 0.4) is 0 Å². The van der Waals surface area contributed by atoms with Crippen molar-refractivity contribution in [2.24, 2.45) is 0 Å². The van der Waals surface area contributed by atoms with E-state index < -0.39 is 0 Å². The van der Waals surface area contributed by atoms with Crippen molar-refractivity contribution in [2.45, 2.75) is 38.1 Å². The molecule has 0 saturated heterocycles. The summed E-state index contributed by atoms with van der Waals surface area (Å²) in [5.41, 5.74) is 0.907. The van der Waals surface area contributed by atoms with Gasteiger partial charge in [-0.25, -0.2) is 0 Å². The van der Waals surface area contributed by atoms with Crippen LogP contribution in [0.5, 0.6) is 0 Å². The highest BCUT2D eigenvalue weighted by Crippen LogP contribution is 2.26. The third-order valence-electron chi connectivity index (χ3n) is 3.67. The second-order valence-corrected chi connectivity index (χ2v) is 5.77. The van der Waals surface area contributed by atoms with E-state index in [4.69, 9.17) is 23.2 Å². The van der Waals surface area contributed by atoms with Gasteiger partial charge in [-0.15, -0.1) is 11.6 Å². The minimum Gasteiger partial charge on any atom is -0.339 e. The number of carbonyl (C=O) groups is 1. The fourth-order valence-corrected chi connectivity index (χ4v) is 2.67. The van der Waals surface area contributed by atoms with E-state index in [0.29, 0.717) is 23.4 Å². The summed E-state index contributed by atoms with van der Waals surface area (Å²) in [4.78, 5) is 14.4. The lowest BCUT2D eigenvalue weighted by molar-refractivity contribution is -0.134. The van der Waals surface area contributed by atoms with Gasteiger partial charge in [0.2, 0.25) is 5.91 Å². The molecular weight excluding hydrogens is 281 g/mol. The molecule has 0 unspecified atom stereocenters. The molecule has 1 aliphatic carbocycles. The Morgan fingerprint density at radius 3 is 2.63 bits per heavy atom. The largest absolute Gasteiger partial charge is 0.339 e. The summed E-state index contributed by atoms with van der Waals surface area (Å²) in [6.07, 6.45) is 4.71. The minimum atomic E-state index is 0.169. The van der Waals surface area contributed by atoms with Crippen LogP contribution in [0.1, 0.15) is 31.2 Å². The fourth-order valence-electron chi connectivity index (χ4n) is 2.35. The van der Waals surface area contributed by atoms with Gasteiger partial charge < -0.3 is 4.90 Å². The van der Waals surface area contributed by atoms with Crippen LogP contribution in [0.4, 0.5) is 0 Å². The molecule has 0 aliphatic heterocycles. The average molecular weight is 300 g/mol. The molecule has 104 valence electrons. The molecular formula is C15H19Cl2NO. The van der Waals surface area contributed by atoms with E-state index >= 15 is 0 Å². The van der Waals surface area contributed by atoms with Gasteiger partial charge in [0.1, 0.15) is 0 Å². The standard InChI is InChI=1S/C15H19Cl2NO/c16-9-4-10-18(13-6-3-7-13)15(19)11-12-5-1-2-8-14(12)17/h1-2,5,8,13H,3-4,6-7,9-11H2. The summed E-state index contributed by atoms with van der Waals surface area (Å²) < 4.78 is 0. The van der Waals surface area contributed by atoms with Crippen LogP contribution in [0.15, 0.2) is 24.3 Å². The molecule has 1 fully saturated rings. The van der Waals surface area contributed by atoms with Gasteiger partial charge in [-0.1, -0.05) is 29.8 Å². The lowest BCUT2D eigenvalue weighted by Gasteiger charge is -2.37. The van der Waals surface area contributed by atoms with E-state index in [1.165, 1.54) is 6.42 Å². The number of amides is 1. The number of hydrogen-bond donors (Lipinski definition) is 0. The predicted molar refractivity (Wildman–Crippen MR) is 79.8 cm³/mol. The molecule has 0 aromatic heterocycles. The maximum atomic E-state index is 12.4. The first-order valence-electron chi connectivity index (χ1n) is 6.81. The van der Waals surface area contributed by atoms with Crippen molar-refractivity contribution in [2.75, 3.05) is 12.4 Å². The average Bonchev–Trinajstić information content (AvgIpc) is 2.34. The minimum absolute atomic E-state index is 0.169. The molecule has 0 N–H and O–H groups in total. The van der Waals surface area contributed by atoms with Crippen LogP contribution >= 0.6 is 23.2 Å². The monoisotopic (exact) mass is 299 g/mol. The maximum Gasteiger partial charge on any atom is 0.227 e. The van der Waals surface area contributed by atoms with Gasteiger partial charge in [0.15, 0.2) is 0 Å². The predicted octanol–water partition coefficient (Wildman–Crippen LogP) is 3.89. The van der Waals surface area contributed by atoms with E-state index in [2.05, 4.69) is 0 Å². The summed E-state index contributed by atoms with van der Waals surface area (Å²) in [5, 5.41) is 0.668. The van der Waals surface area contributed by atoms with E-state index in [-0.39, 0.29) is 5.91 Å². The van der Waals surface area contributed by atoms with E-state index in [1.807, 2.05) is 29.2 Å². The van der Waals surface area contributed by atoms with Crippen LogP contribution in [-0.2, 0) is 11.2 Å². The van der Waals surface area contributed by atoms with Crippen LogP contribution in [-0.4, -0.2) is 29.3 Å². The Kier molecular flexibility index (Phi) is 5.53. The lowest BCUT2D eigenvalue weighted by Crippen LogP contribution is -2.45. The lowest BCUT2D eigenvalue weighted by atomic mass is 9.91. The first kappa shape index (κ1) is 14.7. The highest BCUT2D eigenvalue weighted by Gasteiger charge is 2.28. The van der Waals surface area contributed by atoms with Crippen molar-refractivity contribution in [3.63, 3.8) is 0 Å². The first-order valence-corrected chi connectivity index (χ1v) is 7.72. The van der Waals surface area contributed by atoms with Gasteiger partial charge in [-0.3, -0.25) is 4.79 Å². The number of carbonyl (C=O) groups excluding carboxylic acids is 1. The first-order chi connectivity index (χ1) is 9.22. The Balaban J connectivity index is 2.00. The molecule has 0 atom stereocenters. The van der Waals surface area contributed by atoms with Crippen molar-refractivity contribution < 1.29 is 4.79 Å². The third-order valence-corrected chi connectivity index (χ3v) is 4.30. The zero-order valence-corrected chi connectivity index (χ0v) is 12.5. The second kappa shape index (κ2) is 7.16. The van der Waals surface area contributed by atoms with Crippen molar-refractivity contribution in [1.29, 1.82) is 0 Å². The Morgan fingerprint density at radius 2 is 2.05 bits per heavy atom. The van der Waals surface area contributed by atoms with Crippen molar-refractivity contribution in [3.05, 3.63) is 34.9 Å². The smallest absolute Gasteiger partial charge is 0.227 e. The highest BCUT2D eigenvalue weighted by molar-refractivity contribution is 6.31. The Labute approximate surface area is 124 Å². The van der Waals surface area contributed by atoms with Crippen LogP contribution < -0.4 is 0 Å². The molecule has 1 saturated carbocycles. The van der Waals surface area contributed by atoms with Gasteiger partial charge in [0, 0.05) is 23.5 Å². The fraction of sp³-hybridized carbons (Fsp3) is 0.533. The number of rotatable bonds is 6. The van der Waals surface area contributed by atoms with Gasteiger partial charge in [0.25, 0.3) is 0 Å². The molecule has 1 aromatic rings. The maximum absolute atomic E-state index is 12.4. The molecule has 0 heterocycles. The van der Waals surface area contributed by atoms with E-state index in [0.717, 1.165) is 31.4 Å². The third kappa shape index (κ3) is 3.87. The second-order valence-electron chi connectivity index (χ2n) is 4.98. The van der Waals surface area contributed by atoms with E-state index in [1.54, 1.807) is 0 Å². The highest BCUT2D eigenvalue weighted by atomic mass is 35.5. The number of alkyl halides is 1. The Morgan fingerprint density at radius 1 is 1.32 bits per heavy atom. The summed E-state index contributed by atoms with van der Waals surface area (Å²) in [5.74, 6) is 0.769. The molecule has 1 aliphatic rings. The van der Waals surface area contributed by atoms with Gasteiger partial charge >= 0.3 is 0 Å². The van der Waals surface area contributed by atoms with Crippen molar-refractivity contribution >= 4 is 29.1 Å². The molecule has 1 amide bonds. The van der Waals surface area contributed by atoms with Crippen molar-refractivity contribution in [3.8, 4) is 0 Å². The van der Waals surface area contributed by atoms with Crippen LogP contribution in [0.25, 0.3) is 0 Å². The number of hydrogen-bond acceptors (Lipinski definition) is 1. The van der Waals surface area contributed by atoms with Crippen LogP contribution in [0.2, 0.25) is 5.02 Å².